The normalized spacial score (nSPS) is 11.7. The van der Waals surface area contributed by atoms with Crippen molar-refractivity contribution in [2.75, 3.05) is 0 Å². The fraction of sp³-hybridized carbons (Fsp3) is 0.125. The van der Waals surface area contributed by atoms with Gasteiger partial charge in [0, 0.05) is 11.6 Å². The molecule has 0 bridgehead atoms. The van der Waals surface area contributed by atoms with Crippen LogP contribution < -0.4 is 5.43 Å². The van der Waals surface area contributed by atoms with Crippen LogP contribution in [0.4, 0.5) is 8.78 Å². The highest BCUT2D eigenvalue weighted by molar-refractivity contribution is 5.99. The number of carbonyl (C=O) groups is 1. The molecule has 1 amide bonds. The van der Waals surface area contributed by atoms with Crippen molar-refractivity contribution < 1.29 is 13.6 Å². The van der Waals surface area contributed by atoms with Gasteiger partial charge in [0.1, 0.15) is 23.7 Å². The van der Waals surface area contributed by atoms with Gasteiger partial charge >= 0.3 is 0 Å². The molecule has 0 saturated heterocycles. The number of benzene rings is 2. The number of hydrogen-bond donors (Lipinski definition) is 1. The van der Waals surface area contributed by atoms with Crippen LogP contribution in [0.3, 0.4) is 0 Å². The summed E-state index contributed by atoms with van der Waals surface area (Å²) in [5.74, 6) is -1.86. The number of rotatable bonds is 4. The first kappa shape index (κ1) is 15.7. The van der Waals surface area contributed by atoms with Crippen LogP contribution in [0.15, 0.2) is 47.6 Å². The van der Waals surface area contributed by atoms with Crippen molar-refractivity contribution in [3.8, 4) is 0 Å². The minimum atomic E-state index is -0.743. The quantitative estimate of drug-likeness (QED) is 0.589. The highest BCUT2D eigenvalue weighted by Crippen LogP contribution is 2.11. The Morgan fingerprint density at radius 1 is 1.25 bits per heavy atom. The second-order valence-corrected chi connectivity index (χ2v) is 5.09. The number of nitrogens with zero attached hydrogens (tertiary/aromatic N) is 4. The van der Waals surface area contributed by atoms with Crippen molar-refractivity contribution in [1.82, 2.24) is 20.4 Å². The third-order valence-electron chi connectivity index (χ3n) is 3.38. The minimum Gasteiger partial charge on any atom is -0.271 e. The molecule has 0 radical (unpaired) electrons. The number of para-hydroxylation sites is 1. The van der Waals surface area contributed by atoms with Crippen LogP contribution in [0.1, 0.15) is 12.5 Å². The van der Waals surface area contributed by atoms with Crippen molar-refractivity contribution in [2.24, 2.45) is 5.10 Å². The zero-order valence-corrected chi connectivity index (χ0v) is 12.7. The molecule has 0 saturated carbocycles. The van der Waals surface area contributed by atoms with Crippen molar-refractivity contribution in [1.29, 1.82) is 0 Å². The summed E-state index contributed by atoms with van der Waals surface area (Å²) in [5, 5.41) is 11.7. The molecule has 8 heteroatoms. The number of amides is 1. The van der Waals surface area contributed by atoms with E-state index in [1.165, 1.54) is 17.7 Å². The van der Waals surface area contributed by atoms with Crippen LogP contribution in [0.25, 0.3) is 11.0 Å². The molecular formula is C16H13F2N5O. The number of fused-ring (bicyclic) bond motifs is 1. The highest BCUT2D eigenvalue weighted by atomic mass is 19.1. The zero-order valence-electron chi connectivity index (χ0n) is 12.7. The smallest absolute Gasteiger partial charge is 0.261 e. The van der Waals surface area contributed by atoms with Crippen LogP contribution >= 0.6 is 0 Å². The summed E-state index contributed by atoms with van der Waals surface area (Å²) in [7, 11) is 0. The Morgan fingerprint density at radius 3 is 2.83 bits per heavy atom. The molecule has 0 spiro atoms. The maximum Gasteiger partial charge on any atom is 0.261 e. The molecule has 0 atom stereocenters. The van der Waals surface area contributed by atoms with Gasteiger partial charge in [-0.15, -0.1) is 5.10 Å². The third-order valence-corrected chi connectivity index (χ3v) is 3.38. The molecule has 0 aliphatic heterocycles. The van der Waals surface area contributed by atoms with Crippen LogP contribution in [-0.4, -0.2) is 26.6 Å². The Balaban J connectivity index is 1.70. The summed E-state index contributed by atoms with van der Waals surface area (Å²) >= 11 is 0. The Hall–Kier alpha value is -3.16. The maximum atomic E-state index is 13.6. The van der Waals surface area contributed by atoms with Crippen molar-refractivity contribution in [2.45, 2.75) is 13.5 Å². The SMILES string of the molecule is C/C(=N/NC(=O)Cn1nnc2ccccc21)c1ccc(F)cc1F. The largest absolute Gasteiger partial charge is 0.271 e. The molecule has 1 heterocycles. The number of nitrogens with one attached hydrogen (secondary N) is 1. The van der Waals surface area contributed by atoms with E-state index < -0.39 is 17.5 Å². The van der Waals surface area contributed by atoms with E-state index in [-0.39, 0.29) is 17.8 Å². The summed E-state index contributed by atoms with van der Waals surface area (Å²) in [6, 6.07) is 10.4. The Labute approximate surface area is 135 Å². The van der Waals surface area contributed by atoms with Gasteiger partial charge in [0.25, 0.3) is 5.91 Å². The van der Waals surface area contributed by atoms with E-state index in [2.05, 4.69) is 20.8 Å². The lowest BCUT2D eigenvalue weighted by molar-refractivity contribution is -0.121. The number of carbonyl (C=O) groups excluding carboxylic acids is 1. The fourth-order valence-electron chi connectivity index (χ4n) is 2.19. The molecule has 0 aliphatic rings. The molecule has 1 N–H and O–H groups in total. The highest BCUT2D eigenvalue weighted by Gasteiger charge is 2.10. The first-order valence-corrected chi connectivity index (χ1v) is 7.11. The van der Waals surface area contributed by atoms with E-state index in [1.807, 2.05) is 12.1 Å². The monoisotopic (exact) mass is 329 g/mol. The molecule has 3 rings (SSSR count). The summed E-state index contributed by atoms with van der Waals surface area (Å²) in [6.45, 7) is 1.44. The van der Waals surface area contributed by atoms with Gasteiger partial charge in [0.2, 0.25) is 0 Å². The van der Waals surface area contributed by atoms with Crippen LogP contribution in [0.5, 0.6) is 0 Å². The van der Waals surface area contributed by atoms with E-state index >= 15 is 0 Å². The topological polar surface area (TPSA) is 72.2 Å². The molecule has 2 aromatic carbocycles. The first-order chi connectivity index (χ1) is 11.5. The van der Waals surface area contributed by atoms with Gasteiger partial charge in [-0.1, -0.05) is 17.3 Å². The molecule has 24 heavy (non-hydrogen) atoms. The Kier molecular flexibility index (Phi) is 4.28. The predicted octanol–water partition coefficient (Wildman–Crippen LogP) is 2.25. The average Bonchev–Trinajstić information content (AvgIpc) is 2.96. The van der Waals surface area contributed by atoms with Crippen LogP contribution in [0, 0.1) is 11.6 Å². The lowest BCUT2D eigenvalue weighted by atomic mass is 10.1. The van der Waals surface area contributed by atoms with Crippen molar-refractivity contribution >= 4 is 22.7 Å². The molecular weight excluding hydrogens is 316 g/mol. The minimum absolute atomic E-state index is 0.0802. The predicted molar refractivity (Wildman–Crippen MR) is 84.2 cm³/mol. The van der Waals surface area contributed by atoms with Gasteiger partial charge < -0.3 is 0 Å². The number of hydrazone groups is 1. The van der Waals surface area contributed by atoms with E-state index in [0.717, 1.165) is 17.6 Å². The molecule has 6 nitrogen and oxygen atoms in total. The molecule has 0 aliphatic carbocycles. The average molecular weight is 329 g/mol. The molecule has 1 aromatic heterocycles. The van der Waals surface area contributed by atoms with E-state index in [9.17, 15) is 13.6 Å². The zero-order chi connectivity index (χ0) is 17.1. The van der Waals surface area contributed by atoms with Gasteiger partial charge in [0.05, 0.1) is 11.2 Å². The first-order valence-electron chi connectivity index (χ1n) is 7.11. The second kappa shape index (κ2) is 6.53. The summed E-state index contributed by atoms with van der Waals surface area (Å²) < 4.78 is 28.0. The van der Waals surface area contributed by atoms with Gasteiger partial charge in [-0.3, -0.25) is 4.79 Å². The summed E-state index contributed by atoms with van der Waals surface area (Å²) in [4.78, 5) is 12.0. The lowest BCUT2D eigenvalue weighted by Gasteiger charge is -2.05. The number of aromatic nitrogens is 3. The summed E-state index contributed by atoms with van der Waals surface area (Å²) in [6.07, 6.45) is 0. The van der Waals surface area contributed by atoms with E-state index in [0.29, 0.717) is 5.52 Å². The third kappa shape index (κ3) is 3.27. The molecule has 122 valence electrons. The van der Waals surface area contributed by atoms with Crippen LogP contribution in [-0.2, 0) is 11.3 Å². The fourth-order valence-corrected chi connectivity index (χ4v) is 2.19. The molecule has 0 fully saturated rings. The van der Waals surface area contributed by atoms with Crippen molar-refractivity contribution in [3.05, 3.63) is 59.7 Å². The van der Waals surface area contributed by atoms with E-state index in [1.54, 1.807) is 12.1 Å². The number of hydrogen-bond acceptors (Lipinski definition) is 4. The lowest BCUT2D eigenvalue weighted by Crippen LogP contribution is -2.25. The number of halogens is 2. The second-order valence-electron chi connectivity index (χ2n) is 5.09. The van der Waals surface area contributed by atoms with Gasteiger partial charge in [-0.25, -0.2) is 18.9 Å². The van der Waals surface area contributed by atoms with Gasteiger partial charge in [-0.2, -0.15) is 5.10 Å². The molecule has 3 aromatic rings. The van der Waals surface area contributed by atoms with Gasteiger partial charge in [0.15, 0.2) is 0 Å². The van der Waals surface area contributed by atoms with Crippen LogP contribution in [0.2, 0.25) is 0 Å². The Bertz CT molecular complexity index is 935. The van der Waals surface area contributed by atoms with E-state index in [4.69, 9.17) is 0 Å². The standard InChI is InChI=1S/C16H13F2N5O/c1-10(12-7-6-11(17)8-13(12)18)19-21-16(24)9-23-15-5-3-2-4-14(15)20-22-23/h2-8H,9H2,1H3,(H,21,24)/b19-10-. The summed E-state index contributed by atoms with van der Waals surface area (Å²) in [5.41, 5.74) is 4.07. The van der Waals surface area contributed by atoms with Gasteiger partial charge in [-0.05, 0) is 31.2 Å². The Morgan fingerprint density at radius 2 is 2.04 bits per heavy atom. The van der Waals surface area contributed by atoms with Crippen molar-refractivity contribution in [3.63, 3.8) is 0 Å². The maximum absolute atomic E-state index is 13.6. The molecule has 0 unspecified atom stereocenters.